The number of amides is 1. The molecule has 222 valence electrons. The van der Waals surface area contributed by atoms with E-state index < -0.39 is 18.2 Å². The number of nitrogens with zero attached hydrogens (tertiary/aromatic N) is 1. The number of hydrogen-bond acceptors (Lipinski definition) is 8. The monoisotopic (exact) mass is 574 g/mol. The second-order valence-electron chi connectivity index (χ2n) is 10.0. The molecule has 0 bridgehead atoms. The van der Waals surface area contributed by atoms with Crippen LogP contribution in [-0.2, 0) is 19.1 Å². The zero-order chi connectivity index (χ0) is 29.7. The summed E-state index contributed by atoms with van der Waals surface area (Å²) in [6.07, 6.45) is 0.459. The van der Waals surface area contributed by atoms with Crippen molar-refractivity contribution in [1.82, 2.24) is 10.2 Å². The highest BCUT2D eigenvalue weighted by Gasteiger charge is 2.28. The first-order valence-corrected chi connectivity index (χ1v) is 14.1. The lowest BCUT2D eigenvalue weighted by Crippen LogP contribution is -2.38. The van der Waals surface area contributed by atoms with E-state index in [1.54, 1.807) is 29.2 Å². The number of likely N-dealkylation sites (tertiary alicyclic amines) is 1. The van der Waals surface area contributed by atoms with Gasteiger partial charge in [0.1, 0.15) is 18.2 Å². The van der Waals surface area contributed by atoms with E-state index in [1.165, 1.54) is 0 Å². The number of rotatable bonds is 13. The molecular formula is C32H38N4O6. The fourth-order valence-corrected chi connectivity index (χ4v) is 4.56. The highest BCUT2D eigenvalue weighted by molar-refractivity contribution is 5.96. The van der Waals surface area contributed by atoms with Gasteiger partial charge in [0, 0.05) is 24.7 Å². The highest BCUT2D eigenvalue weighted by Crippen LogP contribution is 2.26. The first-order valence-electron chi connectivity index (χ1n) is 14.1. The molecule has 1 heterocycles. The number of unbranched alkanes of at least 4 members (excludes halogenated alkanes) is 1. The molecule has 1 fully saturated rings. The maximum absolute atomic E-state index is 13.0. The van der Waals surface area contributed by atoms with Crippen LogP contribution in [0.4, 0.5) is 4.79 Å². The number of amidine groups is 1. The minimum absolute atomic E-state index is 0.0313. The number of carbonyl (C=O) groups is 2. The van der Waals surface area contributed by atoms with Crippen molar-refractivity contribution >= 4 is 17.9 Å². The van der Waals surface area contributed by atoms with E-state index in [4.69, 9.17) is 30.4 Å². The summed E-state index contributed by atoms with van der Waals surface area (Å²) in [6.45, 7) is 3.39. The van der Waals surface area contributed by atoms with Crippen molar-refractivity contribution in [3.05, 3.63) is 102 Å². The van der Waals surface area contributed by atoms with Crippen LogP contribution in [0.25, 0.3) is 0 Å². The summed E-state index contributed by atoms with van der Waals surface area (Å²) in [5.74, 6) is 5.51. The first kappa shape index (κ1) is 30.5. The van der Waals surface area contributed by atoms with E-state index in [1.807, 2.05) is 67.6 Å². The Labute approximate surface area is 246 Å². The van der Waals surface area contributed by atoms with Gasteiger partial charge in [-0.3, -0.25) is 10.2 Å². The summed E-state index contributed by atoms with van der Waals surface area (Å²) < 4.78 is 16.9. The summed E-state index contributed by atoms with van der Waals surface area (Å²) in [6, 6.07) is 25.7. The number of nitrogens with two attached hydrogens (primary N) is 1. The molecule has 10 nitrogen and oxygen atoms in total. The average Bonchev–Trinajstić information content (AvgIpc) is 3.50. The van der Waals surface area contributed by atoms with Crippen molar-refractivity contribution in [3.8, 4) is 5.75 Å². The molecule has 10 heteroatoms. The number of nitrogens with one attached hydrogen (secondary N) is 2. The molecule has 4 rings (SSSR count). The van der Waals surface area contributed by atoms with E-state index in [2.05, 4.69) is 5.32 Å². The molecule has 3 aromatic rings. The van der Waals surface area contributed by atoms with Crippen molar-refractivity contribution in [2.45, 2.75) is 44.4 Å². The van der Waals surface area contributed by atoms with Gasteiger partial charge in [-0.05, 0) is 48.2 Å². The van der Waals surface area contributed by atoms with Crippen LogP contribution < -0.4 is 16.0 Å². The lowest BCUT2D eigenvalue weighted by atomic mass is 10.0. The van der Waals surface area contributed by atoms with E-state index in [9.17, 15) is 9.59 Å². The van der Waals surface area contributed by atoms with Crippen molar-refractivity contribution in [1.29, 1.82) is 5.41 Å². The fraction of sp³-hybridized carbons (Fsp3) is 0.344. The zero-order valence-electron chi connectivity index (χ0n) is 23.7. The van der Waals surface area contributed by atoms with Gasteiger partial charge in [0.15, 0.2) is 6.10 Å². The van der Waals surface area contributed by atoms with E-state index in [-0.39, 0.29) is 24.6 Å². The molecule has 1 aliphatic heterocycles. The Hall–Kier alpha value is -4.41. The van der Waals surface area contributed by atoms with Crippen LogP contribution in [0.15, 0.2) is 84.9 Å². The maximum Gasteiger partial charge on any atom is 0.409 e. The van der Waals surface area contributed by atoms with Gasteiger partial charge in [-0.1, -0.05) is 74.0 Å². The van der Waals surface area contributed by atoms with Crippen molar-refractivity contribution in [2.75, 3.05) is 26.3 Å². The Morgan fingerprint density at radius 3 is 2.24 bits per heavy atom. The van der Waals surface area contributed by atoms with Crippen LogP contribution in [0.2, 0.25) is 0 Å². The van der Waals surface area contributed by atoms with Gasteiger partial charge >= 0.3 is 12.1 Å². The van der Waals surface area contributed by atoms with Crippen LogP contribution in [0.3, 0.4) is 0 Å². The summed E-state index contributed by atoms with van der Waals surface area (Å²) in [7, 11) is 0. The van der Waals surface area contributed by atoms with Gasteiger partial charge in [-0.15, -0.1) is 0 Å². The quantitative estimate of drug-likeness (QED) is 0.0887. The minimum Gasteiger partial charge on any atom is -0.490 e. The molecule has 0 aromatic heterocycles. The molecule has 42 heavy (non-hydrogen) atoms. The van der Waals surface area contributed by atoms with Gasteiger partial charge < -0.3 is 24.4 Å². The molecule has 0 saturated carbocycles. The normalized spacial score (nSPS) is 15.2. The molecule has 4 N–H and O–H groups in total. The van der Waals surface area contributed by atoms with Crippen molar-refractivity contribution in [3.63, 3.8) is 0 Å². The van der Waals surface area contributed by atoms with Crippen LogP contribution in [0, 0.1) is 5.41 Å². The average molecular weight is 575 g/mol. The molecule has 0 radical (unpaired) electrons. The Morgan fingerprint density at radius 1 is 1.00 bits per heavy atom. The van der Waals surface area contributed by atoms with Gasteiger partial charge in [0.25, 0.3) is 0 Å². The summed E-state index contributed by atoms with van der Waals surface area (Å²) in [5, 5.41) is 11.6. The van der Waals surface area contributed by atoms with Crippen molar-refractivity contribution < 1.29 is 28.6 Å². The number of hydrogen-bond donors (Lipinski definition) is 3. The maximum atomic E-state index is 13.0. The molecule has 0 aliphatic carbocycles. The van der Waals surface area contributed by atoms with Gasteiger partial charge in [-0.2, -0.15) is 0 Å². The highest BCUT2D eigenvalue weighted by atomic mass is 16.7. The van der Waals surface area contributed by atoms with E-state index in [0.29, 0.717) is 31.0 Å². The number of ether oxygens (including phenoxy) is 3. The minimum atomic E-state index is -1.15. The molecule has 1 saturated heterocycles. The Kier molecular flexibility index (Phi) is 11.3. The second-order valence-corrected chi connectivity index (χ2v) is 10.0. The summed E-state index contributed by atoms with van der Waals surface area (Å²) >= 11 is 0. The molecule has 0 spiro atoms. The number of benzene rings is 3. The number of carbonyl (C=O) groups excluding carboxylic acids is 2. The molecule has 1 aliphatic rings. The lowest BCUT2D eigenvalue weighted by molar-refractivity contribution is -0.163. The van der Waals surface area contributed by atoms with Gasteiger partial charge in [-0.25, -0.2) is 15.5 Å². The molecule has 2 atom stereocenters. The third-order valence-electron chi connectivity index (χ3n) is 6.93. The third-order valence-corrected chi connectivity index (χ3v) is 6.93. The molecule has 3 aromatic carbocycles. The SMILES string of the molecule is CCCCOC(=O)N1CCC(NC(=N)c2ccc(OC[C@H](ON)C(=O)OC(c3ccccc3)c3ccccc3)cc2)C1. The van der Waals surface area contributed by atoms with Crippen LogP contribution in [-0.4, -0.2) is 61.2 Å². The smallest absolute Gasteiger partial charge is 0.409 e. The Morgan fingerprint density at radius 2 is 1.64 bits per heavy atom. The van der Waals surface area contributed by atoms with Gasteiger partial charge in [0.05, 0.1) is 6.61 Å². The largest absolute Gasteiger partial charge is 0.490 e. The number of esters is 1. The van der Waals surface area contributed by atoms with Gasteiger partial charge in [0.2, 0.25) is 6.10 Å². The summed E-state index contributed by atoms with van der Waals surface area (Å²) in [4.78, 5) is 31.8. The second kappa shape index (κ2) is 15.6. The standard InChI is InChI=1S/C32H38N4O6/c1-2-3-20-39-32(38)36-19-18-26(21-36)35-30(33)25-14-16-27(17-15-25)40-22-28(42-34)31(37)41-29(23-10-6-4-7-11-23)24-12-8-5-9-13-24/h4-17,26,28-29H,2-3,18-22,34H2,1H3,(H2,33,35)/t26?,28-/m0/s1. The first-order chi connectivity index (χ1) is 20.5. The predicted molar refractivity (Wildman–Crippen MR) is 158 cm³/mol. The van der Waals surface area contributed by atoms with Crippen molar-refractivity contribution in [2.24, 2.45) is 5.90 Å². The third kappa shape index (κ3) is 8.55. The zero-order valence-corrected chi connectivity index (χ0v) is 23.7. The predicted octanol–water partition coefficient (Wildman–Crippen LogP) is 4.58. The Bertz CT molecular complexity index is 1250. The van der Waals surface area contributed by atoms with Crippen LogP contribution >= 0.6 is 0 Å². The van der Waals surface area contributed by atoms with E-state index >= 15 is 0 Å². The summed E-state index contributed by atoms with van der Waals surface area (Å²) in [5.41, 5.74) is 2.29. The van der Waals surface area contributed by atoms with Crippen LogP contribution in [0.1, 0.15) is 49.0 Å². The molecule has 1 amide bonds. The topological polar surface area (TPSA) is 136 Å². The van der Waals surface area contributed by atoms with Crippen LogP contribution in [0.5, 0.6) is 5.75 Å². The Balaban J connectivity index is 1.28. The van der Waals surface area contributed by atoms with E-state index in [0.717, 1.165) is 30.4 Å². The fourth-order valence-electron chi connectivity index (χ4n) is 4.56. The lowest BCUT2D eigenvalue weighted by Gasteiger charge is -2.22. The molecular weight excluding hydrogens is 536 g/mol. The molecule has 1 unspecified atom stereocenters.